The summed E-state index contributed by atoms with van der Waals surface area (Å²) >= 11 is 5.79. The largest absolute Gasteiger partial charge is 0.353 e. The standard InChI is InChI=1S/C20H22ClF2N3O4S/c1-12(2)18(26-19(27)17-15(22)7-4-8-16(17)23)20(28)24-9-10-25-31(29,30)14-6-3-5-13(21)11-14/h3-8,11-12,18,25H,9-10H2,1-2H3,(H,24,28)(H,26,27)/t18-/m0/s1. The normalized spacial score (nSPS) is 12.5. The van der Waals surface area contributed by atoms with Gasteiger partial charge >= 0.3 is 0 Å². The number of rotatable bonds is 9. The number of sulfonamides is 1. The van der Waals surface area contributed by atoms with Crippen molar-refractivity contribution in [1.29, 1.82) is 0 Å². The molecule has 0 unspecified atom stereocenters. The second kappa shape index (κ2) is 10.7. The van der Waals surface area contributed by atoms with E-state index in [0.29, 0.717) is 0 Å². The summed E-state index contributed by atoms with van der Waals surface area (Å²) in [7, 11) is -3.82. The Morgan fingerprint density at radius 2 is 1.65 bits per heavy atom. The Balaban J connectivity index is 1.95. The fraction of sp³-hybridized carbons (Fsp3) is 0.300. The van der Waals surface area contributed by atoms with E-state index < -0.39 is 51.0 Å². The van der Waals surface area contributed by atoms with Gasteiger partial charge in [-0.25, -0.2) is 21.9 Å². The van der Waals surface area contributed by atoms with E-state index in [0.717, 1.165) is 18.2 Å². The average Bonchev–Trinajstić information content (AvgIpc) is 2.69. The molecule has 0 heterocycles. The maximum absolute atomic E-state index is 13.8. The molecule has 2 rings (SSSR count). The smallest absolute Gasteiger partial charge is 0.257 e. The molecule has 7 nitrogen and oxygen atoms in total. The van der Waals surface area contributed by atoms with E-state index in [1.54, 1.807) is 13.8 Å². The highest BCUT2D eigenvalue weighted by molar-refractivity contribution is 7.89. The maximum Gasteiger partial charge on any atom is 0.257 e. The van der Waals surface area contributed by atoms with Crippen molar-refractivity contribution in [2.75, 3.05) is 13.1 Å². The van der Waals surface area contributed by atoms with E-state index in [4.69, 9.17) is 11.6 Å². The van der Waals surface area contributed by atoms with Crippen molar-refractivity contribution in [3.63, 3.8) is 0 Å². The summed E-state index contributed by atoms with van der Waals surface area (Å²) in [5.41, 5.74) is -0.782. The van der Waals surface area contributed by atoms with Crippen molar-refractivity contribution in [3.8, 4) is 0 Å². The average molecular weight is 474 g/mol. The molecule has 0 saturated carbocycles. The second-order valence-corrected chi connectivity index (χ2v) is 9.14. The van der Waals surface area contributed by atoms with Gasteiger partial charge in [0, 0.05) is 18.1 Å². The van der Waals surface area contributed by atoms with Crippen LogP contribution in [0.25, 0.3) is 0 Å². The molecule has 31 heavy (non-hydrogen) atoms. The molecule has 168 valence electrons. The molecule has 2 amide bonds. The number of nitrogens with one attached hydrogen (secondary N) is 3. The number of amides is 2. The minimum absolute atomic E-state index is 0.0226. The number of hydrogen-bond acceptors (Lipinski definition) is 4. The Bertz CT molecular complexity index is 1040. The third-order valence-corrected chi connectivity index (χ3v) is 5.94. The molecule has 0 spiro atoms. The molecule has 0 aliphatic rings. The molecule has 0 fully saturated rings. The quantitative estimate of drug-likeness (QED) is 0.486. The van der Waals surface area contributed by atoms with Gasteiger partial charge in [0.1, 0.15) is 23.2 Å². The molecule has 0 aliphatic heterocycles. The van der Waals surface area contributed by atoms with Crippen molar-refractivity contribution in [2.24, 2.45) is 5.92 Å². The topological polar surface area (TPSA) is 104 Å². The van der Waals surface area contributed by atoms with E-state index in [9.17, 15) is 26.8 Å². The van der Waals surface area contributed by atoms with E-state index in [2.05, 4.69) is 15.4 Å². The zero-order chi connectivity index (χ0) is 23.2. The third-order valence-electron chi connectivity index (χ3n) is 4.25. The second-order valence-electron chi connectivity index (χ2n) is 6.94. The lowest BCUT2D eigenvalue weighted by Crippen LogP contribution is -2.51. The highest BCUT2D eigenvalue weighted by Gasteiger charge is 2.27. The van der Waals surface area contributed by atoms with Crippen LogP contribution in [0.1, 0.15) is 24.2 Å². The van der Waals surface area contributed by atoms with Gasteiger partial charge < -0.3 is 10.6 Å². The van der Waals surface area contributed by atoms with Crippen LogP contribution in [0.4, 0.5) is 8.78 Å². The molecular formula is C20H22ClF2N3O4S. The van der Waals surface area contributed by atoms with Crippen LogP contribution >= 0.6 is 11.6 Å². The Hall–Kier alpha value is -2.56. The first-order valence-corrected chi connectivity index (χ1v) is 11.2. The SMILES string of the molecule is CC(C)[C@H](NC(=O)c1c(F)cccc1F)C(=O)NCCNS(=O)(=O)c1cccc(Cl)c1. The van der Waals surface area contributed by atoms with Crippen molar-refractivity contribution in [1.82, 2.24) is 15.4 Å². The summed E-state index contributed by atoms with van der Waals surface area (Å²) in [6, 6.07) is 7.60. The molecule has 0 aromatic heterocycles. The number of halogens is 3. The van der Waals surface area contributed by atoms with Crippen molar-refractivity contribution >= 4 is 33.4 Å². The molecule has 0 bridgehead atoms. The maximum atomic E-state index is 13.8. The molecule has 0 aliphatic carbocycles. The minimum atomic E-state index is -3.82. The van der Waals surface area contributed by atoms with Crippen LogP contribution in [-0.4, -0.2) is 39.4 Å². The summed E-state index contributed by atoms with van der Waals surface area (Å²) in [6.45, 7) is 3.08. The van der Waals surface area contributed by atoms with Crippen LogP contribution in [0.3, 0.4) is 0 Å². The summed E-state index contributed by atoms with van der Waals surface area (Å²) < 4.78 is 54.4. The van der Waals surface area contributed by atoms with Crippen molar-refractivity contribution in [2.45, 2.75) is 24.8 Å². The Kier molecular flexibility index (Phi) is 8.49. The van der Waals surface area contributed by atoms with Gasteiger partial charge in [-0.15, -0.1) is 0 Å². The monoisotopic (exact) mass is 473 g/mol. The van der Waals surface area contributed by atoms with Gasteiger partial charge in [-0.05, 0) is 36.2 Å². The number of carbonyl (C=O) groups is 2. The van der Waals surface area contributed by atoms with Gasteiger partial charge in [0.15, 0.2) is 0 Å². The van der Waals surface area contributed by atoms with E-state index >= 15 is 0 Å². The van der Waals surface area contributed by atoms with E-state index in [1.807, 2.05) is 0 Å². The van der Waals surface area contributed by atoms with Crippen molar-refractivity contribution in [3.05, 3.63) is 64.7 Å². The zero-order valence-electron chi connectivity index (χ0n) is 16.8. The van der Waals surface area contributed by atoms with E-state index in [1.165, 1.54) is 24.3 Å². The lowest BCUT2D eigenvalue weighted by Gasteiger charge is -2.22. The molecule has 2 aromatic rings. The Morgan fingerprint density at radius 1 is 1.03 bits per heavy atom. The molecule has 3 N–H and O–H groups in total. The highest BCUT2D eigenvalue weighted by Crippen LogP contribution is 2.15. The van der Waals surface area contributed by atoms with Gasteiger partial charge in [0.2, 0.25) is 15.9 Å². The van der Waals surface area contributed by atoms with Crippen LogP contribution in [0.15, 0.2) is 47.4 Å². The molecular weight excluding hydrogens is 452 g/mol. The summed E-state index contributed by atoms with van der Waals surface area (Å²) in [5, 5.41) is 5.07. The van der Waals surface area contributed by atoms with Gasteiger partial charge in [0.05, 0.1) is 4.90 Å². The fourth-order valence-corrected chi connectivity index (χ4v) is 3.99. The Morgan fingerprint density at radius 3 is 2.23 bits per heavy atom. The molecule has 0 radical (unpaired) electrons. The zero-order valence-corrected chi connectivity index (χ0v) is 18.4. The first-order valence-electron chi connectivity index (χ1n) is 9.30. The highest BCUT2D eigenvalue weighted by atomic mass is 35.5. The van der Waals surface area contributed by atoms with Crippen LogP contribution in [0, 0.1) is 17.6 Å². The fourth-order valence-electron chi connectivity index (χ4n) is 2.66. The predicted octanol–water partition coefficient (Wildman–Crippen LogP) is 2.47. The van der Waals surface area contributed by atoms with Gasteiger partial charge in [-0.1, -0.05) is 37.6 Å². The number of benzene rings is 2. The summed E-state index contributed by atoms with van der Waals surface area (Å²) in [5.74, 6) is -4.18. The van der Waals surface area contributed by atoms with Crippen LogP contribution in [0.2, 0.25) is 5.02 Å². The Labute approximate surface area is 184 Å². The van der Waals surface area contributed by atoms with Crippen LogP contribution in [-0.2, 0) is 14.8 Å². The van der Waals surface area contributed by atoms with E-state index in [-0.39, 0.29) is 23.0 Å². The van der Waals surface area contributed by atoms with Crippen molar-refractivity contribution < 1.29 is 26.8 Å². The van der Waals surface area contributed by atoms with Gasteiger partial charge in [0.25, 0.3) is 5.91 Å². The number of hydrogen-bond donors (Lipinski definition) is 3. The minimum Gasteiger partial charge on any atom is -0.353 e. The lowest BCUT2D eigenvalue weighted by atomic mass is 10.0. The summed E-state index contributed by atoms with van der Waals surface area (Å²) in [6.07, 6.45) is 0. The first kappa shape index (κ1) is 24.7. The van der Waals surface area contributed by atoms with Gasteiger partial charge in [-0.3, -0.25) is 9.59 Å². The predicted molar refractivity (Wildman–Crippen MR) is 112 cm³/mol. The molecule has 11 heteroatoms. The summed E-state index contributed by atoms with van der Waals surface area (Å²) in [4.78, 5) is 24.7. The first-order chi connectivity index (χ1) is 14.5. The third kappa shape index (κ3) is 6.71. The molecule has 1 atom stereocenters. The van der Waals surface area contributed by atoms with Gasteiger partial charge in [-0.2, -0.15) is 0 Å². The van der Waals surface area contributed by atoms with Crippen LogP contribution in [0.5, 0.6) is 0 Å². The molecule has 2 aromatic carbocycles. The number of carbonyl (C=O) groups excluding carboxylic acids is 2. The molecule has 0 saturated heterocycles. The van der Waals surface area contributed by atoms with Crippen LogP contribution < -0.4 is 15.4 Å². The lowest BCUT2D eigenvalue weighted by molar-refractivity contribution is -0.123.